The van der Waals surface area contributed by atoms with Crippen LogP contribution in [0.25, 0.3) is 0 Å². The normalized spacial score (nSPS) is 11.0. The van der Waals surface area contributed by atoms with Gasteiger partial charge in [0.2, 0.25) is 10.0 Å². The summed E-state index contributed by atoms with van der Waals surface area (Å²) in [6.07, 6.45) is 0. The molecular formula is C15H12F2N2O5S. The predicted molar refractivity (Wildman–Crippen MR) is 83.1 cm³/mol. The highest BCUT2D eigenvalue weighted by Gasteiger charge is 2.19. The quantitative estimate of drug-likeness (QED) is 0.772. The van der Waals surface area contributed by atoms with Gasteiger partial charge in [-0.25, -0.2) is 27.1 Å². The average Bonchev–Trinajstić information content (AvgIpc) is 2.52. The third-order valence-electron chi connectivity index (χ3n) is 2.97. The summed E-state index contributed by atoms with van der Waals surface area (Å²) in [7, 11) is -3.86. The molecule has 2 aromatic rings. The number of carbonyl (C=O) groups is 2. The number of sulfonamides is 1. The summed E-state index contributed by atoms with van der Waals surface area (Å²) in [5.74, 6) is -4.32. The topological polar surface area (TPSA) is 116 Å². The zero-order valence-electron chi connectivity index (χ0n) is 12.5. The monoisotopic (exact) mass is 370 g/mol. The predicted octanol–water partition coefficient (Wildman–Crippen LogP) is 1.41. The standard InChI is InChI=1S/C15H12F2N2O5S/c16-11-2-1-3-12(17)14(11)15(21)24-8-13(20)19-9-4-6-10(7-5-9)25(18,22)23/h1-7H,8H2,(H,19,20)(H2,18,22,23). The molecule has 0 radical (unpaired) electrons. The van der Waals surface area contributed by atoms with E-state index in [0.717, 1.165) is 18.2 Å². The Morgan fingerprint density at radius 1 is 1.04 bits per heavy atom. The molecule has 2 aromatic carbocycles. The number of amides is 1. The van der Waals surface area contributed by atoms with Crippen LogP contribution in [0, 0.1) is 11.6 Å². The van der Waals surface area contributed by atoms with Gasteiger partial charge in [-0.1, -0.05) is 6.07 Å². The first-order valence-electron chi connectivity index (χ1n) is 6.72. The highest BCUT2D eigenvalue weighted by molar-refractivity contribution is 7.89. The lowest BCUT2D eigenvalue weighted by molar-refractivity contribution is -0.119. The number of esters is 1. The average molecular weight is 370 g/mol. The molecule has 0 saturated heterocycles. The Morgan fingerprint density at radius 2 is 1.60 bits per heavy atom. The summed E-state index contributed by atoms with van der Waals surface area (Å²) >= 11 is 0. The maximum absolute atomic E-state index is 13.4. The molecule has 3 N–H and O–H groups in total. The molecule has 0 aliphatic heterocycles. The lowest BCUT2D eigenvalue weighted by atomic mass is 10.2. The van der Waals surface area contributed by atoms with E-state index in [1.54, 1.807) is 0 Å². The van der Waals surface area contributed by atoms with Crippen molar-refractivity contribution in [1.29, 1.82) is 0 Å². The van der Waals surface area contributed by atoms with E-state index in [2.05, 4.69) is 10.1 Å². The van der Waals surface area contributed by atoms with Crippen molar-refractivity contribution in [3.63, 3.8) is 0 Å². The van der Waals surface area contributed by atoms with Crippen LogP contribution in [0.3, 0.4) is 0 Å². The molecule has 0 saturated carbocycles. The Balaban J connectivity index is 1.96. The molecule has 0 spiro atoms. The molecule has 0 atom stereocenters. The van der Waals surface area contributed by atoms with Crippen molar-refractivity contribution in [2.24, 2.45) is 5.14 Å². The number of halogens is 2. The summed E-state index contributed by atoms with van der Waals surface area (Å²) in [5.41, 5.74) is -0.682. The van der Waals surface area contributed by atoms with Gasteiger partial charge in [0.25, 0.3) is 5.91 Å². The second-order valence-corrected chi connectivity index (χ2v) is 6.35. The van der Waals surface area contributed by atoms with E-state index in [4.69, 9.17) is 5.14 Å². The fraction of sp³-hybridized carbons (Fsp3) is 0.0667. The van der Waals surface area contributed by atoms with Crippen LogP contribution in [-0.2, 0) is 19.6 Å². The summed E-state index contributed by atoms with van der Waals surface area (Å²) in [6.45, 7) is -0.788. The van der Waals surface area contributed by atoms with E-state index in [0.29, 0.717) is 0 Å². The summed E-state index contributed by atoms with van der Waals surface area (Å²) in [5, 5.41) is 7.25. The van der Waals surface area contributed by atoms with Crippen molar-refractivity contribution in [1.82, 2.24) is 0 Å². The van der Waals surface area contributed by atoms with E-state index in [-0.39, 0.29) is 10.6 Å². The van der Waals surface area contributed by atoms with Crippen LogP contribution in [0.1, 0.15) is 10.4 Å². The van der Waals surface area contributed by atoms with Crippen LogP contribution in [0.4, 0.5) is 14.5 Å². The Labute approximate surface area is 141 Å². The molecule has 0 aliphatic carbocycles. The molecule has 10 heteroatoms. The fourth-order valence-electron chi connectivity index (χ4n) is 1.82. The van der Waals surface area contributed by atoms with Gasteiger partial charge < -0.3 is 10.1 Å². The van der Waals surface area contributed by atoms with Gasteiger partial charge in [-0.2, -0.15) is 0 Å². The summed E-state index contributed by atoms with van der Waals surface area (Å²) < 4.78 is 53.6. The highest BCUT2D eigenvalue weighted by Crippen LogP contribution is 2.14. The molecule has 0 aliphatic rings. The molecule has 0 heterocycles. The smallest absolute Gasteiger partial charge is 0.344 e. The van der Waals surface area contributed by atoms with E-state index in [9.17, 15) is 26.8 Å². The van der Waals surface area contributed by atoms with Crippen LogP contribution in [0.2, 0.25) is 0 Å². The Morgan fingerprint density at radius 3 is 2.12 bits per heavy atom. The lowest BCUT2D eigenvalue weighted by Gasteiger charge is -2.08. The minimum absolute atomic E-state index is 0.146. The molecule has 1 amide bonds. The molecule has 7 nitrogen and oxygen atoms in total. The van der Waals surface area contributed by atoms with Gasteiger partial charge in [0.15, 0.2) is 6.61 Å². The third-order valence-corrected chi connectivity index (χ3v) is 3.90. The molecule has 0 aromatic heterocycles. The molecule has 0 bridgehead atoms. The number of rotatable bonds is 5. The first-order valence-corrected chi connectivity index (χ1v) is 8.27. The maximum atomic E-state index is 13.4. The van der Waals surface area contributed by atoms with Crippen LogP contribution >= 0.6 is 0 Å². The maximum Gasteiger partial charge on any atom is 0.344 e. The number of hydrogen-bond donors (Lipinski definition) is 2. The molecule has 25 heavy (non-hydrogen) atoms. The number of benzene rings is 2. The van der Waals surface area contributed by atoms with Gasteiger partial charge in [-0.15, -0.1) is 0 Å². The molecule has 2 rings (SSSR count). The summed E-state index contributed by atoms with van der Waals surface area (Å²) in [6, 6.07) is 7.74. The van der Waals surface area contributed by atoms with Crippen LogP contribution in [0.15, 0.2) is 47.4 Å². The van der Waals surface area contributed by atoms with Crippen LogP contribution in [-0.4, -0.2) is 26.9 Å². The number of hydrogen-bond acceptors (Lipinski definition) is 5. The number of ether oxygens (including phenoxy) is 1. The van der Waals surface area contributed by atoms with E-state index < -0.39 is 45.7 Å². The largest absolute Gasteiger partial charge is 0.452 e. The van der Waals surface area contributed by atoms with Crippen molar-refractivity contribution < 1.29 is 31.5 Å². The van der Waals surface area contributed by atoms with Crippen molar-refractivity contribution >= 4 is 27.6 Å². The highest BCUT2D eigenvalue weighted by atomic mass is 32.2. The fourth-order valence-corrected chi connectivity index (χ4v) is 2.34. The van der Waals surface area contributed by atoms with Crippen LogP contribution in [0.5, 0.6) is 0 Å². The second kappa shape index (κ2) is 7.36. The van der Waals surface area contributed by atoms with Crippen molar-refractivity contribution in [3.05, 3.63) is 59.7 Å². The number of carbonyl (C=O) groups excluding carboxylic acids is 2. The van der Waals surface area contributed by atoms with E-state index in [1.807, 2.05) is 0 Å². The van der Waals surface area contributed by atoms with Gasteiger partial charge in [-0.3, -0.25) is 4.79 Å². The van der Waals surface area contributed by atoms with Gasteiger partial charge >= 0.3 is 5.97 Å². The van der Waals surface area contributed by atoms with Gasteiger partial charge in [0.05, 0.1) is 4.90 Å². The summed E-state index contributed by atoms with van der Waals surface area (Å²) in [4.78, 5) is 23.2. The number of nitrogens with two attached hydrogens (primary N) is 1. The molecular weight excluding hydrogens is 358 g/mol. The Hall–Kier alpha value is -2.85. The van der Waals surface area contributed by atoms with E-state index in [1.165, 1.54) is 24.3 Å². The zero-order valence-corrected chi connectivity index (χ0v) is 13.3. The molecule has 0 fully saturated rings. The van der Waals surface area contributed by atoms with Gasteiger partial charge in [0.1, 0.15) is 17.2 Å². The molecule has 0 unspecified atom stereocenters. The first-order chi connectivity index (χ1) is 11.7. The number of primary sulfonamides is 1. The van der Waals surface area contributed by atoms with Crippen molar-refractivity contribution in [3.8, 4) is 0 Å². The minimum Gasteiger partial charge on any atom is -0.452 e. The minimum atomic E-state index is -3.86. The van der Waals surface area contributed by atoms with E-state index >= 15 is 0 Å². The number of anilines is 1. The zero-order chi connectivity index (χ0) is 18.6. The SMILES string of the molecule is NS(=O)(=O)c1ccc(NC(=O)COC(=O)c2c(F)cccc2F)cc1. The second-order valence-electron chi connectivity index (χ2n) is 4.79. The van der Waals surface area contributed by atoms with Gasteiger partial charge in [-0.05, 0) is 36.4 Å². The van der Waals surface area contributed by atoms with Crippen LogP contribution < -0.4 is 10.5 Å². The third kappa shape index (κ3) is 4.81. The first kappa shape index (κ1) is 18.5. The van der Waals surface area contributed by atoms with Gasteiger partial charge in [0, 0.05) is 5.69 Å². The Bertz CT molecular complexity index is 894. The van der Waals surface area contributed by atoms with Crippen molar-refractivity contribution in [2.75, 3.05) is 11.9 Å². The molecule has 132 valence electrons. The lowest BCUT2D eigenvalue weighted by Crippen LogP contribution is -2.22. The Kier molecular flexibility index (Phi) is 5.45. The number of nitrogens with one attached hydrogen (secondary N) is 1. The van der Waals surface area contributed by atoms with Crippen molar-refractivity contribution in [2.45, 2.75) is 4.90 Å².